The van der Waals surface area contributed by atoms with Crippen LogP contribution in [0.5, 0.6) is 0 Å². The molecule has 2 heterocycles. The summed E-state index contributed by atoms with van der Waals surface area (Å²) in [6.07, 6.45) is 8.94. The number of nitrogens with zero attached hydrogens (tertiary/aromatic N) is 1. The van der Waals surface area contributed by atoms with Gasteiger partial charge in [0, 0.05) is 17.8 Å². The molecule has 1 aliphatic heterocycles. The molecule has 2 fully saturated rings. The molecule has 1 atom stereocenters. The zero-order valence-electron chi connectivity index (χ0n) is 13.1. The van der Waals surface area contributed by atoms with Gasteiger partial charge in [0.15, 0.2) is 0 Å². The lowest BCUT2D eigenvalue weighted by Gasteiger charge is -2.37. The molecule has 1 unspecified atom stereocenters. The first kappa shape index (κ1) is 17.8. The third-order valence-electron chi connectivity index (χ3n) is 5.32. The summed E-state index contributed by atoms with van der Waals surface area (Å²) in [5.41, 5.74) is 6.13. The average Bonchev–Trinajstić information content (AvgIpc) is 3.18. The van der Waals surface area contributed by atoms with Crippen LogP contribution in [0.4, 0.5) is 0 Å². The fraction of sp³-hybridized carbons (Fsp3) is 0.706. The summed E-state index contributed by atoms with van der Waals surface area (Å²) in [5.74, 6) is 0.332. The number of amides is 1. The van der Waals surface area contributed by atoms with Crippen molar-refractivity contribution in [3.63, 3.8) is 0 Å². The fourth-order valence-electron chi connectivity index (χ4n) is 4.02. The van der Waals surface area contributed by atoms with Crippen molar-refractivity contribution in [3.05, 3.63) is 22.4 Å². The van der Waals surface area contributed by atoms with Crippen LogP contribution in [0.15, 0.2) is 17.5 Å². The van der Waals surface area contributed by atoms with E-state index >= 15 is 0 Å². The lowest BCUT2D eigenvalue weighted by Crippen LogP contribution is -2.40. The van der Waals surface area contributed by atoms with Crippen LogP contribution in [0.3, 0.4) is 0 Å². The molecule has 1 amide bonds. The van der Waals surface area contributed by atoms with Crippen LogP contribution in [0, 0.1) is 5.41 Å². The van der Waals surface area contributed by atoms with Crippen LogP contribution in [0.1, 0.15) is 62.3 Å². The smallest absolute Gasteiger partial charge is 0.223 e. The van der Waals surface area contributed by atoms with Crippen molar-refractivity contribution in [2.24, 2.45) is 11.1 Å². The van der Waals surface area contributed by atoms with E-state index in [0.29, 0.717) is 24.9 Å². The highest BCUT2D eigenvalue weighted by atomic mass is 35.5. The molecule has 5 heteroatoms. The third-order valence-corrected chi connectivity index (χ3v) is 6.29. The first-order chi connectivity index (χ1) is 10.2. The lowest BCUT2D eigenvalue weighted by molar-refractivity contribution is -0.135. The number of hydrogen-bond donors (Lipinski definition) is 1. The summed E-state index contributed by atoms with van der Waals surface area (Å²) in [7, 11) is 0. The van der Waals surface area contributed by atoms with Gasteiger partial charge in [0.05, 0.1) is 6.04 Å². The van der Waals surface area contributed by atoms with Gasteiger partial charge in [-0.3, -0.25) is 4.79 Å². The summed E-state index contributed by atoms with van der Waals surface area (Å²) >= 11 is 1.77. The molecule has 1 aromatic rings. The van der Waals surface area contributed by atoms with E-state index in [1.807, 2.05) is 0 Å². The van der Waals surface area contributed by atoms with Crippen LogP contribution in [0.25, 0.3) is 0 Å². The second-order valence-corrected chi connectivity index (χ2v) is 7.68. The number of likely N-dealkylation sites (tertiary alicyclic amines) is 1. The Morgan fingerprint density at radius 2 is 2.09 bits per heavy atom. The van der Waals surface area contributed by atoms with E-state index in [0.717, 1.165) is 32.2 Å². The van der Waals surface area contributed by atoms with Gasteiger partial charge in [-0.2, -0.15) is 0 Å². The Hall–Kier alpha value is -0.580. The zero-order valence-corrected chi connectivity index (χ0v) is 14.8. The summed E-state index contributed by atoms with van der Waals surface area (Å²) in [4.78, 5) is 16.3. The predicted octanol–water partition coefficient (Wildman–Crippen LogP) is 4.13. The third kappa shape index (κ3) is 3.66. The van der Waals surface area contributed by atoms with E-state index in [-0.39, 0.29) is 17.8 Å². The second kappa shape index (κ2) is 7.80. The Kier molecular flexibility index (Phi) is 6.30. The number of carbonyl (C=O) groups is 1. The van der Waals surface area contributed by atoms with Crippen LogP contribution in [-0.4, -0.2) is 23.9 Å². The lowest BCUT2D eigenvalue weighted by atomic mass is 9.71. The Bertz CT molecular complexity index is 471. The van der Waals surface area contributed by atoms with Gasteiger partial charge >= 0.3 is 0 Å². The molecule has 124 valence electrons. The quantitative estimate of drug-likeness (QED) is 0.894. The molecular weight excluding hydrogens is 316 g/mol. The Labute approximate surface area is 143 Å². The van der Waals surface area contributed by atoms with Crippen molar-refractivity contribution in [2.75, 3.05) is 13.1 Å². The molecule has 1 saturated carbocycles. The molecule has 1 aliphatic carbocycles. The van der Waals surface area contributed by atoms with Gasteiger partial charge < -0.3 is 10.6 Å². The highest BCUT2D eigenvalue weighted by Crippen LogP contribution is 2.41. The van der Waals surface area contributed by atoms with Gasteiger partial charge in [0.1, 0.15) is 0 Å². The first-order valence-corrected chi connectivity index (χ1v) is 9.15. The summed E-state index contributed by atoms with van der Waals surface area (Å²) in [5, 5.41) is 2.11. The van der Waals surface area contributed by atoms with Gasteiger partial charge in [-0.25, -0.2) is 0 Å². The minimum Gasteiger partial charge on any atom is -0.335 e. The van der Waals surface area contributed by atoms with Gasteiger partial charge in [0.25, 0.3) is 0 Å². The molecule has 1 saturated heterocycles. The number of hydrogen-bond acceptors (Lipinski definition) is 3. The topological polar surface area (TPSA) is 46.3 Å². The van der Waals surface area contributed by atoms with Crippen LogP contribution < -0.4 is 5.73 Å². The maximum Gasteiger partial charge on any atom is 0.223 e. The van der Waals surface area contributed by atoms with E-state index in [1.54, 1.807) is 11.3 Å². The molecule has 2 aliphatic rings. The monoisotopic (exact) mass is 342 g/mol. The van der Waals surface area contributed by atoms with Crippen molar-refractivity contribution in [1.29, 1.82) is 0 Å². The molecule has 0 spiro atoms. The number of halogens is 1. The average molecular weight is 343 g/mol. The number of nitrogens with two attached hydrogens (primary N) is 1. The van der Waals surface area contributed by atoms with Crippen molar-refractivity contribution >= 4 is 29.7 Å². The number of thiophene rings is 1. The minimum atomic E-state index is 0. The van der Waals surface area contributed by atoms with E-state index in [1.165, 1.54) is 24.1 Å². The maximum absolute atomic E-state index is 12.9. The Morgan fingerprint density at radius 1 is 1.32 bits per heavy atom. The van der Waals surface area contributed by atoms with Crippen molar-refractivity contribution in [2.45, 2.75) is 57.4 Å². The van der Waals surface area contributed by atoms with Crippen molar-refractivity contribution < 1.29 is 4.79 Å². The Morgan fingerprint density at radius 3 is 2.73 bits per heavy atom. The van der Waals surface area contributed by atoms with Gasteiger partial charge in [-0.05, 0) is 49.1 Å². The van der Waals surface area contributed by atoms with Crippen molar-refractivity contribution in [1.82, 2.24) is 4.90 Å². The highest BCUT2D eigenvalue weighted by molar-refractivity contribution is 7.10. The minimum absolute atomic E-state index is 0. The molecule has 0 radical (unpaired) electrons. The van der Waals surface area contributed by atoms with E-state index in [9.17, 15) is 4.79 Å². The summed E-state index contributed by atoms with van der Waals surface area (Å²) in [6, 6.07) is 4.57. The molecule has 3 rings (SSSR count). The summed E-state index contributed by atoms with van der Waals surface area (Å²) in [6.45, 7) is 1.58. The van der Waals surface area contributed by atoms with Crippen LogP contribution in [-0.2, 0) is 4.79 Å². The first-order valence-electron chi connectivity index (χ1n) is 8.27. The number of rotatable bonds is 4. The van der Waals surface area contributed by atoms with Gasteiger partial charge in [-0.15, -0.1) is 23.7 Å². The SMILES string of the molecule is Cl.NCC1(CC(=O)N2CCCC2c2cccs2)CCCCC1. The summed E-state index contributed by atoms with van der Waals surface area (Å²) < 4.78 is 0. The standard InChI is InChI=1S/C17H26N2OS.ClH/c18-13-17(8-2-1-3-9-17)12-16(20)19-10-4-6-14(19)15-7-5-11-21-15;/h5,7,11,14H,1-4,6,8-10,12-13,18H2;1H. The van der Waals surface area contributed by atoms with Gasteiger partial charge in [0.2, 0.25) is 5.91 Å². The van der Waals surface area contributed by atoms with Crippen LogP contribution in [0.2, 0.25) is 0 Å². The maximum atomic E-state index is 12.9. The second-order valence-electron chi connectivity index (χ2n) is 6.70. The molecule has 1 aromatic heterocycles. The molecular formula is C17H27ClN2OS. The molecule has 22 heavy (non-hydrogen) atoms. The van der Waals surface area contributed by atoms with Crippen LogP contribution >= 0.6 is 23.7 Å². The normalized spacial score (nSPS) is 24.0. The molecule has 3 nitrogen and oxygen atoms in total. The number of carbonyl (C=O) groups excluding carboxylic acids is 1. The van der Waals surface area contributed by atoms with Crippen molar-refractivity contribution in [3.8, 4) is 0 Å². The Balaban J connectivity index is 0.00000176. The fourth-order valence-corrected chi connectivity index (χ4v) is 4.89. The predicted molar refractivity (Wildman–Crippen MR) is 94.4 cm³/mol. The van der Waals surface area contributed by atoms with E-state index in [4.69, 9.17) is 5.73 Å². The highest BCUT2D eigenvalue weighted by Gasteiger charge is 2.37. The van der Waals surface area contributed by atoms with E-state index in [2.05, 4.69) is 22.4 Å². The van der Waals surface area contributed by atoms with Gasteiger partial charge in [-0.1, -0.05) is 25.3 Å². The molecule has 0 bridgehead atoms. The largest absolute Gasteiger partial charge is 0.335 e. The molecule has 2 N–H and O–H groups in total. The molecule has 0 aromatic carbocycles. The zero-order chi connectivity index (χ0) is 14.7. The van der Waals surface area contributed by atoms with E-state index < -0.39 is 0 Å².